The number of hydrogen-bond acceptors (Lipinski definition) is 5. The summed E-state index contributed by atoms with van der Waals surface area (Å²) in [5.74, 6) is 0.199. The van der Waals surface area contributed by atoms with Gasteiger partial charge < -0.3 is 14.7 Å². The van der Waals surface area contributed by atoms with Crippen LogP contribution in [0.5, 0.6) is 0 Å². The van der Waals surface area contributed by atoms with Gasteiger partial charge in [0.25, 0.3) is 5.71 Å². The maximum absolute atomic E-state index is 12.6. The molecule has 24 heavy (non-hydrogen) atoms. The van der Waals surface area contributed by atoms with E-state index in [0.717, 1.165) is 43.3 Å². The molecule has 1 saturated carbocycles. The average molecular weight is 328 g/mol. The number of piperidine rings is 1. The molecule has 1 N–H and O–H groups in total. The molecule has 0 unspecified atom stereocenters. The van der Waals surface area contributed by atoms with E-state index >= 15 is 0 Å². The molecule has 2 aliphatic rings. The predicted octanol–water partition coefficient (Wildman–Crippen LogP) is 2.12. The molecule has 2 amide bonds. The van der Waals surface area contributed by atoms with Gasteiger partial charge in [0.1, 0.15) is 0 Å². The van der Waals surface area contributed by atoms with Gasteiger partial charge in [-0.3, -0.25) is 9.59 Å². The van der Waals surface area contributed by atoms with Crippen LogP contribution < -0.4 is 5.32 Å². The van der Waals surface area contributed by atoms with E-state index in [1.165, 1.54) is 0 Å². The smallest absolute Gasteiger partial charge is 0.258 e. The van der Waals surface area contributed by atoms with Crippen LogP contribution in [0.3, 0.4) is 0 Å². The van der Waals surface area contributed by atoms with E-state index in [1.807, 2.05) is 17.9 Å². The largest absolute Gasteiger partial charge is 0.342 e. The standard InChI is InChI=1S/C17H20N4O3/c1-10-14-7-13(8-18-16(14)24-20-10)19-15(22)12-3-2-6-21(9-12)17(23)11-4-5-11/h7-8,11-12H,2-6,9H2,1H3,(H,19,22)/t12-/m0/s1. The zero-order valence-corrected chi connectivity index (χ0v) is 13.6. The lowest BCUT2D eigenvalue weighted by Crippen LogP contribution is -2.44. The lowest BCUT2D eigenvalue weighted by Gasteiger charge is -2.32. The normalized spacial score (nSPS) is 21.0. The van der Waals surface area contributed by atoms with Crippen molar-refractivity contribution in [2.45, 2.75) is 32.6 Å². The van der Waals surface area contributed by atoms with Gasteiger partial charge in [-0.25, -0.2) is 4.98 Å². The fourth-order valence-corrected chi connectivity index (χ4v) is 3.24. The molecule has 4 rings (SSSR count). The summed E-state index contributed by atoms with van der Waals surface area (Å²) >= 11 is 0. The number of anilines is 1. The molecule has 2 aromatic heterocycles. The zero-order valence-electron chi connectivity index (χ0n) is 13.6. The summed E-state index contributed by atoms with van der Waals surface area (Å²) in [5, 5.41) is 7.57. The molecule has 126 valence electrons. The summed E-state index contributed by atoms with van der Waals surface area (Å²) in [6, 6.07) is 1.82. The number of amides is 2. The highest BCUT2D eigenvalue weighted by atomic mass is 16.5. The molecule has 1 aliphatic heterocycles. The highest BCUT2D eigenvalue weighted by Gasteiger charge is 2.36. The predicted molar refractivity (Wildman–Crippen MR) is 87.2 cm³/mol. The molecule has 7 heteroatoms. The third kappa shape index (κ3) is 2.86. The van der Waals surface area contributed by atoms with Gasteiger partial charge in [-0.2, -0.15) is 0 Å². The first-order valence-electron chi connectivity index (χ1n) is 8.43. The highest BCUT2D eigenvalue weighted by Crippen LogP contribution is 2.32. The van der Waals surface area contributed by atoms with Crippen LogP contribution in [0, 0.1) is 18.8 Å². The Balaban J connectivity index is 1.44. The van der Waals surface area contributed by atoms with Gasteiger partial charge >= 0.3 is 0 Å². The third-order valence-corrected chi connectivity index (χ3v) is 4.81. The number of carbonyl (C=O) groups excluding carboxylic acids is 2. The van der Waals surface area contributed by atoms with E-state index in [2.05, 4.69) is 15.5 Å². The van der Waals surface area contributed by atoms with E-state index in [4.69, 9.17) is 4.52 Å². The number of fused-ring (bicyclic) bond motifs is 1. The summed E-state index contributed by atoms with van der Waals surface area (Å²) < 4.78 is 5.08. The van der Waals surface area contributed by atoms with Crippen LogP contribution in [0.4, 0.5) is 5.69 Å². The Bertz CT molecular complexity index is 796. The second-order valence-corrected chi connectivity index (χ2v) is 6.73. The van der Waals surface area contributed by atoms with Crippen molar-refractivity contribution >= 4 is 28.6 Å². The quantitative estimate of drug-likeness (QED) is 0.932. The summed E-state index contributed by atoms with van der Waals surface area (Å²) in [6.45, 7) is 3.12. The minimum Gasteiger partial charge on any atom is -0.342 e. The first kappa shape index (κ1) is 15.1. The number of nitrogens with one attached hydrogen (secondary N) is 1. The number of carbonyl (C=O) groups is 2. The minimum atomic E-state index is -0.166. The van der Waals surface area contributed by atoms with E-state index in [-0.39, 0.29) is 23.7 Å². The Hall–Kier alpha value is -2.44. The second-order valence-electron chi connectivity index (χ2n) is 6.73. The number of nitrogens with zero attached hydrogens (tertiary/aromatic N) is 3. The Morgan fingerprint density at radius 3 is 2.92 bits per heavy atom. The molecule has 0 radical (unpaired) electrons. The SMILES string of the molecule is Cc1noc2ncc(NC(=O)[C@H]3CCCN(C(=O)C4CC4)C3)cc12. The van der Waals surface area contributed by atoms with Crippen LogP contribution in [0.15, 0.2) is 16.8 Å². The molecular formula is C17H20N4O3. The summed E-state index contributed by atoms with van der Waals surface area (Å²) in [5.41, 5.74) is 1.83. The van der Waals surface area contributed by atoms with Crippen molar-refractivity contribution in [2.75, 3.05) is 18.4 Å². The maximum Gasteiger partial charge on any atom is 0.258 e. The number of hydrogen-bond donors (Lipinski definition) is 1. The van der Waals surface area contributed by atoms with E-state index in [1.54, 1.807) is 6.20 Å². The molecule has 0 spiro atoms. The molecule has 1 aliphatic carbocycles. The van der Waals surface area contributed by atoms with Crippen LogP contribution in [0.2, 0.25) is 0 Å². The first-order valence-corrected chi connectivity index (χ1v) is 8.43. The van der Waals surface area contributed by atoms with E-state index < -0.39 is 0 Å². The molecule has 1 saturated heterocycles. The molecule has 0 aromatic carbocycles. The number of pyridine rings is 1. The zero-order chi connectivity index (χ0) is 16.7. The lowest BCUT2D eigenvalue weighted by atomic mass is 9.96. The Morgan fingerprint density at radius 1 is 1.29 bits per heavy atom. The first-order chi connectivity index (χ1) is 11.6. The number of rotatable bonds is 3. The topological polar surface area (TPSA) is 88.3 Å². The average Bonchev–Trinajstić information content (AvgIpc) is 3.39. The van der Waals surface area contributed by atoms with E-state index in [9.17, 15) is 9.59 Å². The van der Waals surface area contributed by atoms with Crippen molar-refractivity contribution < 1.29 is 14.1 Å². The van der Waals surface area contributed by atoms with Crippen LogP contribution in [0.25, 0.3) is 11.1 Å². The van der Waals surface area contributed by atoms with Crippen molar-refractivity contribution in [1.29, 1.82) is 0 Å². The maximum atomic E-state index is 12.6. The summed E-state index contributed by atoms with van der Waals surface area (Å²) in [4.78, 5) is 30.8. The molecule has 1 atom stereocenters. The van der Waals surface area contributed by atoms with E-state index in [0.29, 0.717) is 17.9 Å². The van der Waals surface area contributed by atoms with Gasteiger partial charge in [-0.15, -0.1) is 0 Å². The van der Waals surface area contributed by atoms with Crippen molar-refractivity contribution in [3.05, 3.63) is 18.0 Å². The highest BCUT2D eigenvalue weighted by molar-refractivity contribution is 5.95. The van der Waals surface area contributed by atoms with Crippen molar-refractivity contribution in [3.8, 4) is 0 Å². The second kappa shape index (κ2) is 5.89. The van der Waals surface area contributed by atoms with Gasteiger partial charge in [0, 0.05) is 19.0 Å². The Labute approximate surface area is 139 Å². The van der Waals surface area contributed by atoms with Gasteiger partial charge in [0.05, 0.1) is 28.9 Å². The number of aryl methyl sites for hydroxylation is 1. The van der Waals surface area contributed by atoms with Crippen LogP contribution >= 0.6 is 0 Å². The van der Waals surface area contributed by atoms with Crippen LogP contribution in [-0.2, 0) is 9.59 Å². The number of aromatic nitrogens is 2. The van der Waals surface area contributed by atoms with Crippen molar-refractivity contribution in [3.63, 3.8) is 0 Å². The number of likely N-dealkylation sites (tertiary alicyclic amines) is 1. The fraction of sp³-hybridized carbons (Fsp3) is 0.529. The minimum absolute atomic E-state index is 0.0569. The van der Waals surface area contributed by atoms with Gasteiger partial charge in [0.15, 0.2) is 0 Å². The Morgan fingerprint density at radius 2 is 2.12 bits per heavy atom. The molecule has 0 bridgehead atoms. The molecule has 7 nitrogen and oxygen atoms in total. The van der Waals surface area contributed by atoms with Crippen LogP contribution in [-0.4, -0.2) is 39.9 Å². The van der Waals surface area contributed by atoms with Gasteiger partial charge in [-0.05, 0) is 38.7 Å². The van der Waals surface area contributed by atoms with Crippen LogP contribution in [0.1, 0.15) is 31.4 Å². The molecule has 2 aromatic rings. The molecule has 3 heterocycles. The molecular weight excluding hydrogens is 308 g/mol. The third-order valence-electron chi connectivity index (χ3n) is 4.81. The van der Waals surface area contributed by atoms with Gasteiger partial charge in [0.2, 0.25) is 11.8 Å². The Kier molecular flexibility index (Phi) is 3.70. The van der Waals surface area contributed by atoms with Gasteiger partial charge in [-0.1, -0.05) is 5.16 Å². The summed E-state index contributed by atoms with van der Waals surface area (Å²) in [7, 11) is 0. The van der Waals surface area contributed by atoms with Crippen molar-refractivity contribution in [1.82, 2.24) is 15.0 Å². The summed E-state index contributed by atoms with van der Waals surface area (Å²) in [6.07, 6.45) is 5.24. The molecule has 2 fully saturated rings. The lowest BCUT2D eigenvalue weighted by molar-refractivity contribution is -0.135. The fourth-order valence-electron chi connectivity index (χ4n) is 3.24. The monoisotopic (exact) mass is 328 g/mol. The van der Waals surface area contributed by atoms with Crippen molar-refractivity contribution in [2.24, 2.45) is 11.8 Å².